The third-order valence-corrected chi connectivity index (χ3v) is 4.81. The largest absolute Gasteiger partial charge is 0.351 e. The number of nitrogens with zero attached hydrogens (tertiary/aromatic N) is 1. The highest BCUT2D eigenvalue weighted by Gasteiger charge is 2.24. The minimum absolute atomic E-state index is 0.0569. The van der Waals surface area contributed by atoms with Crippen LogP contribution in [0, 0.1) is 0 Å². The molecule has 0 aliphatic rings. The van der Waals surface area contributed by atoms with Gasteiger partial charge in [-0.05, 0) is 38.1 Å². The van der Waals surface area contributed by atoms with Crippen LogP contribution in [0.4, 0.5) is 0 Å². The van der Waals surface area contributed by atoms with Crippen molar-refractivity contribution >= 4 is 38.2 Å². The number of aromatic nitrogens is 1. The van der Waals surface area contributed by atoms with Crippen molar-refractivity contribution in [2.75, 3.05) is 18.6 Å². The first-order valence-corrected chi connectivity index (χ1v) is 9.42. The number of amides is 1. The lowest BCUT2D eigenvalue weighted by atomic mass is 10.2. The van der Waals surface area contributed by atoms with Crippen LogP contribution in [-0.4, -0.2) is 48.8 Å². The summed E-state index contributed by atoms with van der Waals surface area (Å²) in [5.74, 6) is -0.274. The Labute approximate surface area is 135 Å². The summed E-state index contributed by atoms with van der Waals surface area (Å²) in [7, 11) is -3.15. The number of H-pyrrole nitrogens is 1. The van der Waals surface area contributed by atoms with E-state index in [2.05, 4.69) is 4.98 Å². The SMILES string of the molecule is CCN(C(=O)c1cc2cc(Cl)ccc2[nH]1)[C@@H](C)CS(C)(=O)=O. The maximum absolute atomic E-state index is 12.6. The lowest BCUT2D eigenvalue weighted by Gasteiger charge is -2.27. The number of carbonyl (C=O) groups excluding carboxylic acids is 1. The number of carbonyl (C=O) groups is 1. The summed E-state index contributed by atoms with van der Waals surface area (Å²) < 4.78 is 22.9. The minimum atomic E-state index is -3.15. The van der Waals surface area contributed by atoms with E-state index in [0.29, 0.717) is 17.3 Å². The van der Waals surface area contributed by atoms with Crippen LogP contribution in [0.1, 0.15) is 24.3 Å². The van der Waals surface area contributed by atoms with Gasteiger partial charge in [0.25, 0.3) is 5.91 Å². The van der Waals surface area contributed by atoms with E-state index < -0.39 is 9.84 Å². The Bertz CT molecular complexity index is 798. The maximum atomic E-state index is 12.6. The summed E-state index contributed by atoms with van der Waals surface area (Å²) >= 11 is 5.94. The lowest BCUT2D eigenvalue weighted by Crippen LogP contribution is -2.42. The predicted molar refractivity (Wildman–Crippen MR) is 89.2 cm³/mol. The molecule has 0 aliphatic heterocycles. The van der Waals surface area contributed by atoms with Gasteiger partial charge in [-0.15, -0.1) is 0 Å². The molecule has 120 valence electrons. The number of fused-ring (bicyclic) bond motifs is 1. The van der Waals surface area contributed by atoms with Gasteiger partial charge < -0.3 is 9.88 Å². The van der Waals surface area contributed by atoms with Crippen molar-refractivity contribution in [3.05, 3.63) is 35.0 Å². The molecule has 1 aromatic carbocycles. The molecule has 0 radical (unpaired) electrons. The van der Waals surface area contributed by atoms with Crippen molar-refractivity contribution in [1.29, 1.82) is 0 Å². The van der Waals surface area contributed by atoms with Crippen LogP contribution in [-0.2, 0) is 9.84 Å². The molecular formula is C15H19ClN2O3S. The van der Waals surface area contributed by atoms with Crippen LogP contribution in [0.2, 0.25) is 5.02 Å². The highest BCUT2D eigenvalue weighted by Crippen LogP contribution is 2.21. The molecule has 1 aromatic heterocycles. The first kappa shape index (κ1) is 16.8. The third kappa shape index (κ3) is 3.81. The van der Waals surface area contributed by atoms with Gasteiger partial charge in [0.1, 0.15) is 15.5 Å². The first-order valence-electron chi connectivity index (χ1n) is 6.98. The number of nitrogens with one attached hydrogen (secondary N) is 1. The first-order chi connectivity index (χ1) is 10.2. The van der Waals surface area contributed by atoms with Gasteiger partial charge in [0.2, 0.25) is 0 Å². The van der Waals surface area contributed by atoms with Crippen LogP contribution < -0.4 is 0 Å². The molecule has 0 saturated heterocycles. The van der Waals surface area contributed by atoms with Crippen molar-refractivity contribution < 1.29 is 13.2 Å². The van der Waals surface area contributed by atoms with Crippen molar-refractivity contribution in [3.63, 3.8) is 0 Å². The third-order valence-electron chi connectivity index (χ3n) is 3.49. The van der Waals surface area contributed by atoms with Crippen LogP contribution in [0.5, 0.6) is 0 Å². The van der Waals surface area contributed by atoms with Gasteiger partial charge in [-0.1, -0.05) is 11.6 Å². The number of rotatable bonds is 5. The molecular weight excluding hydrogens is 324 g/mol. The molecule has 2 aromatic rings. The van der Waals surface area contributed by atoms with E-state index >= 15 is 0 Å². The van der Waals surface area contributed by atoms with Crippen LogP contribution in [0.25, 0.3) is 10.9 Å². The van der Waals surface area contributed by atoms with Gasteiger partial charge in [0.05, 0.1) is 5.75 Å². The number of hydrogen-bond donors (Lipinski definition) is 1. The Morgan fingerprint density at radius 1 is 1.36 bits per heavy atom. The summed E-state index contributed by atoms with van der Waals surface area (Å²) in [6.07, 6.45) is 1.17. The van der Waals surface area contributed by atoms with E-state index in [4.69, 9.17) is 11.6 Å². The van der Waals surface area contributed by atoms with E-state index in [-0.39, 0.29) is 17.7 Å². The molecule has 0 bridgehead atoms. The highest BCUT2D eigenvalue weighted by atomic mass is 35.5. The molecule has 2 rings (SSSR count). The normalized spacial score (nSPS) is 13.3. The van der Waals surface area contributed by atoms with Gasteiger partial charge >= 0.3 is 0 Å². The summed E-state index contributed by atoms with van der Waals surface area (Å²) in [5, 5.41) is 1.45. The zero-order valence-corrected chi connectivity index (χ0v) is 14.3. The summed E-state index contributed by atoms with van der Waals surface area (Å²) in [5.41, 5.74) is 1.25. The van der Waals surface area contributed by atoms with Crippen molar-refractivity contribution in [2.24, 2.45) is 0 Å². The summed E-state index contributed by atoms with van der Waals surface area (Å²) in [6.45, 7) is 4.00. The lowest BCUT2D eigenvalue weighted by molar-refractivity contribution is 0.0714. The van der Waals surface area contributed by atoms with Crippen molar-refractivity contribution in [1.82, 2.24) is 9.88 Å². The maximum Gasteiger partial charge on any atom is 0.270 e. The molecule has 1 N–H and O–H groups in total. The fourth-order valence-electron chi connectivity index (χ4n) is 2.56. The molecule has 7 heteroatoms. The zero-order chi connectivity index (χ0) is 16.5. The summed E-state index contributed by atoms with van der Waals surface area (Å²) in [6, 6.07) is 6.69. The minimum Gasteiger partial charge on any atom is -0.351 e. The van der Waals surface area contributed by atoms with Crippen molar-refractivity contribution in [3.8, 4) is 0 Å². The monoisotopic (exact) mass is 342 g/mol. The quantitative estimate of drug-likeness (QED) is 0.908. The Balaban J connectivity index is 2.30. The highest BCUT2D eigenvalue weighted by molar-refractivity contribution is 7.90. The molecule has 0 aliphatic carbocycles. The Morgan fingerprint density at radius 2 is 2.05 bits per heavy atom. The molecule has 22 heavy (non-hydrogen) atoms. The zero-order valence-electron chi connectivity index (χ0n) is 12.8. The second-order valence-electron chi connectivity index (χ2n) is 5.45. The Morgan fingerprint density at radius 3 is 2.64 bits per heavy atom. The van der Waals surface area contributed by atoms with Crippen LogP contribution in [0.3, 0.4) is 0 Å². The van der Waals surface area contributed by atoms with Gasteiger partial charge in [-0.3, -0.25) is 4.79 Å². The van der Waals surface area contributed by atoms with Gasteiger partial charge in [0.15, 0.2) is 0 Å². The fourth-order valence-corrected chi connectivity index (χ4v) is 3.79. The number of halogens is 1. The molecule has 1 amide bonds. The van der Waals surface area contributed by atoms with Crippen LogP contribution in [0.15, 0.2) is 24.3 Å². The number of sulfone groups is 1. The molecule has 1 atom stereocenters. The number of benzene rings is 1. The Kier molecular flexibility index (Phi) is 4.82. The smallest absolute Gasteiger partial charge is 0.270 e. The second kappa shape index (κ2) is 6.30. The molecule has 1 heterocycles. The molecule has 0 unspecified atom stereocenters. The summed E-state index contributed by atoms with van der Waals surface area (Å²) in [4.78, 5) is 17.2. The van der Waals surface area contributed by atoms with Gasteiger partial charge in [-0.2, -0.15) is 0 Å². The van der Waals surface area contributed by atoms with E-state index in [0.717, 1.165) is 10.9 Å². The number of hydrogen-bond acceptors (Lipinski definition) is 3. The van der Waals surface area contributed by atoms with E-state index in [1.54, 1.807) is 30.0 Å². The van der Waals surface area contributed by atoms with E-state index in [1.807, 2.05) is 13.0 Å². The fraction of sp³-hybridized carbons (Fsp3) is 0.400. The van der Waals surface area contributed by atoms with E-state index in [1.165, 1.54) is 6.26 Å². The molecule has 5 nitrogen and oxygen atoms in total. The standard InChI is InChI=1S/C15H19ClN2O3S/c1-4-18(10(2)9-22(3,20)21)15(19)14-8-11-7-12(16)5-6-13(11)17-14/h5-8,10,17H,4,9H2,1-3H3/t10-/m0/s1. The van der Waals surface area contributed by atoms with Gasteiger partial charge in [-0.25, -0.2) is 8.42 Å². The molecule has 0 fully saturated rings. The average molecular weight is 343 g/mol. The van der Waals surface area contributed by atoms with Crippen LogP contribution >= 0.6 is 11.6 Å². The second-order valence-corrected chi connectivity index (χ2v) is 8.07. The Hall–Kier alpha value is -1.53. The molecule has 0 saturated carbocycles. The topological polar surface area (TPSA) is 70.2 Å². The predicted octanol–water partition coefficient (Wildman–Crippen LogP) is 2.72. The average Bonchev–Trinajstić information content (AvgIpc) is 2.80. The van der Waals surface area contributed by atoms with Gasteiger partial charge in [0, 0.05) is 34.8 Å². The van der Waals surface area contributed by atoms with E-state index in [9.17, 15) is 13.2 Å². The van der Waals surface area contributed by atoms with Crippen molar-refractivity contribution in [2.45, 2.75) is 19.9 Å². The molecule has 0 spiro atoms. The number of aromatic amines is 1.